The SMILES string of the molecule is Cc1ccc2c(c1)-c1ccccc1-c1cc(-c3cc(C(C)(C)C)ccn3)ccc1S2. The highest BCUT2D eigenvalue weighted by Gasteiger charge is 2.21. The maximum Gasteiger partial charge on any atom is 0.0705 e. The van der Waals surface area contributed by atoms with Gasteiger partial charge in [0.1, 0.15) is 0 Å². The van der Waals surface area contributed by atoms with Crippen LogP contribution in [-0.2, 0) is 5.41 Å². The van der Waals surface area contributed by atoms with Crippen LogP contribution >= 0.6 is 11.8 Å². The van der Waals surface area contributed by atoms with Crippen molar-refractivity contribution < 1.29 is 0 Å². The van der Waals surface area contributed by atoms with Crippen LogP contribution < -0.4 is 0 Å². The Morgan fingerprint density at radius 1 is 0.700 bits per heavy atom. The number of hydrogen-bond acceptors (Lipinski definition) is 2. The van der Waals surface area contributed by atoms with Crippen LogP contribution in [0, 0.1) is 6.92 Å². The summed E-state index contributed by atoms with van der Waals surface area (Å²) in [5, 5.41) is 0. The quantitative estimate of drug-likeness (QED) is 0.278. The number of aryl methyl sites for hydroxylation is 1. The van der Waals surface area contributed by atoms with Crippen molar-refractivity contribution in [2.24, 2.45) is 0 Å². The Hall–Kier alpha value is -2.84. The van der Waals surface area contributed by atoms with Gasteiger partial charge in [0.2, 0.25) is 0 Å². The summed E-state index contributed by atoms with van der Waals surface area (Å²) in [7, 11) is 0. The first-order valence-electron chi connectivity index (χ1n) is 10.4. The van der Waals surface area contributed by atoms with Crippen molar-refractivity contribution in [1.29, 1.82) is 0 Å². The molecule has 30 heavy (non-hydrogen) atoms. The number of fused-ring (bicyclic) bond motifs is 5. The van der Waals surface area contributed by atoms with Gasteiger partial charge in [-0.05, 0) is 70.5 Å². The Balaban J connectivity index is 1.70. The number of aromatic nitrogens is 1. The van der Waals surface area contributed by atoms with Gasteiger partial charge in [-0.1, -0.05) is 80.6 Å². The number of nitrogens with zero attached hydrogens (tertiary/aromatic N) is 1. The molecule has 148 valence electrons. The molecule has 2 heterocycles. The van der Waals surface area contributed by atoms with Gasteiger partial charge in [0.15, 0.2) is 0 Å². The third-order valence-electron chi connectivity index (χ3n) is 5.76. The molecule has 0 saturated heterocycles. The molecule has 1 aromatic heterocycles. The van der Waals surface area contributed by atoms with Gasteiger partial charge in [-0.3, -0.25) is 4.98 Å². The van der Waals surface area contributed by atoms with E-state index in [1.807, 2.05) is 18.0 Å². The smallest absolute Gasteiger partial charge is 0.0705 e. The number of benzene rings is 3. The van der Waals surface area contributed by atoms with Crippen molar-refractivity contribution >= 4 is 11.8 Å². The van der Waals surface area contributed by atoms with Crippen molar-refractivity contribution in [3.8, 4) is 33.5 Å². The van der Waals surface area contributed by atoms with Crippen LogP contribution in [0.15, 0.2) is 88.8 Å². The highest BCUT2D eigenvalue weighted by atomic mass is 32.2. The summed E-state index contributed by atoms with van der Waals surface area (Å²) in [6.07, 6.45) is 1.93. The van der Waals surface area contributed by atoms with Gasteiger partial charge >= 0.3 is 0 Å². The van der Waals surface area contributed by atoms with Gasteiger partial charge in [-0.25, -0.2) is 0 Å². The van der Waals surface area contributed by atoms with E-state index in [-0.39, 0.29) is 5.41 Å². The Morgan fingerprint density at radius 3 is 2.07 bits per heavy atom. The van der Waals surface area contributed by atoms with Crippen LogP contribution in [0.25, 0.3) is 33.5 Å². The molecule has 1 nitrogen and oxygen atoms in total. The molecule has 0 N–H and O–H groups in total. The summed E-state index contributed by atoms with van der Waals surface area (Å²) in [6.45, 7) is 8.90. The molecule has 0 atom stereocenters. The zero-order chi connectivity index (χ0) is 20.9. The minimum absolute atomic E-state index is 0.103. The molecule has 5 rings (SSSR count). The summed E-state index contributed by atoms with van der Waals surface area (Å²) < 4.78 is 0. The lowest BCUT2D eigenvalue weighted by atomic mass is 9.86. The van der Waals surface area contributed by atoms with Gasteiger partial charge in [0.05, 0.1) is 5.69 Å². The summed E-state index contributed by atoms with van der Waals surface area (Å²) in [5.74, 6) is 0. The third-order valence-corrected chi connectivity index (χ3v) is 6.92. The van der Waals surface area contributed by atoms with E-state index in [1.165, 1.54) is 43.2 Å². The van der Waals surface area contributed by atoms with Crippen molar-refractivity contribution in [2.75, 3.05) is 0 Å². The van der Waals surface area contributed by atoms with Crippen molar-refractivity contribution in [1.82, 2.24) is 4.98 Å². The van der Waals surface area contributed by atoms with Crippen LogP contribution in [0.3, 0.4) is 0 Å². The number of pyridine rings is 1. The van der Waals surface area contributed by atoms with Crippen LogP contribution in [-0.4, -0.2) is 4.98 Å². The normalized spacial score (nSPS) is 12.5. The molecule has 1 aliphatic rings. The van der Waals surface area contributed by atoms with Crippen LogP contribution in [0.1, 0.15) is 31.9 Å². The number of rotatable bonds is 1. The summed E-state index contributed by atoms with van der Waals surface area (Å²) >= 11 is 1.86. The maximum atomic E-state index is 4.70. The molecular formula is C28H25NS. The fourth-order valence-electron chi connectivity index (χ4n) is 4.06. The number of hydrogen-bond donors (Lipinski definition) is 0. The lowest BCUT2D eigenvalue weighted by Crippen LogP contribution is -2.11. The van der Waals surface area contributed by atoms with Crippen LogP contribution in [0.2, 0.25) is 0 Å². The fourth-order valence-corrected chi connectivity index (χ4v) is 5.13. The lowest BCUT2D eigenvalue weighted by molar-refractivity contribution is 0.589. The molecule has 0 radical (unpaired) electrons. The Morgan fingerprint density at radius 2 is 1.37 bits per heavy atom. The predicted octanol–water partition coefficient (Wildman–Crippen LogP) is 8.15. The van der Waals surface area contributed by atoms with Crippen molar-refractivity contribution in [3.05, 3.63) is 90.1 Å². The first-order valence-corrected chi connectivity index (χ1v) is 11.2. The van der Waals surface area contributed by atoms with Crippen LogP contribution in [0.5, 0.6) is 0 Å². The highest BCUT2D eigenvalue weighted by Crippen LogP contribution is 2.48. The molecule has 0 aliphatic carbocycles. The minimum atomic E-state index is 0.103. The predicted molar refractivity (Wildman–Crippen MR) is 128 cm³/mol. The highest BCUT2D eigenvalue weighted by molar-refractivity contribution is 7.99. The minimum Gasteiger partial charge on any atom is -0.256 e. The second kappa shape index (κ2) is 7.14. The molecule has 0 bridgehead atoms. The van der Waals surface area contributed by atoms with E-state index >= 15 is 0 Å². The largest absolute Gasteiger partial charge is 0.256 e. The van der Waals surface area contributed by atoms with E-state index in [2.05, 4.69) is 100 Å². The third kappa shape index (κ3) is 3.36. The maximum absolute atomic E-state index is 4.70. The first kappa shape index (κ1) is 19.1. The lowest BCUT2D eigenvalue weighted by Gasteiger charge is -2.19. The molecule has 2 heteroatoms. The topological polar surface area (TPSA) is 12.9 Å². The second-order valence-electron chi connectivity index (χ2n) is 9.04. The van der Waals surface area contributed by atoms with Gasteiger partial charge in [-0.15, -0.1) is 0 Å². The van der Waals surface area contributed by atoms with E-state index in [4.69, 9.17) is 4.98 Å². The summed E-state index contributed by atoms with van der Waals surface area (Å²) in [5.41, 5.74) is 10.1. The second-order valence-corrected chi connectivity index (χ2v) is 10.1. The van der Waals surface area contributed by atoms with Gasteiger partial charge < -0.3 is 0 Å². The Kier molecular flexibility index (Phi) is 4.56. The molecule has 4 aromatic rings. The van der Waals surface area contributed by atoms with E-state index < -0.39 is 0 Å². The fraction of sp³-hybridized carbons (Fsp3) is 0.179. The molecule has 1 aliphatic heterocycles. The van der Waals surface area contributed by atoms with Crippen molar-refractivity contribution in [3.63, 3.8) is 0 Å². The van der Waals surface area contributed by atoms with Crippen LogP contribution in [0.4, 0.5) is 0 Å². The van der Waals surface area contributed by atoms with E-state index in [0.717, 1.165) is 11.3 Å². The van der Waals surface area contributed by atoms with E-state index in [9.17, 15) is 0 Å². The average Bonchev–Trinajstić information content (AvgIpc) is 2.87. The van der Waals surface area contributed by atoms with Crippen molar-refractivity contribution in [2.45, 2.75) is 42.9 Å². The molecule has 0 saturated carbocycles. The van der Waals surface area contributed by atoms with Gasteiger partial charge in [-0.2, -0.15) is 0 Å². The molecule has 3 aromatic carbocycles. The van der Waals surface area contributed by atoms with E-state index in [1.54, 1.807) is 0 Å². The molecule has 0 amide bonds. The summed E-state index contributed by atoms with van der Waals surface area (Å²) in [6, 6.07) is 26.7. The van der Waals surface area contributed by atoms with E-state index in [0.29, 0.717) is 0 Å². The Labute approximate surface area is 183 Å². The molecule has 0 unspecified atom stereocenters. The first-order chi connectivity index (χ1) is 14.4. The zero-order valence-electron chi connectivity index (χ0n) is 17.9. The molecule has 0 fully saturated rings. The molecule has 0 spiro atoms. The summed E-state index contributed by atoms with van der Waals surface area (Å²) in [4.78, 5) is 7.30. The average molecular weight is 408 g/mol. The monoisotopic (exact) mass is 407 g/mol. The Bertz CT molecular complexity index is 1260. The van der Waals surface area contributed by atoms with Gasteiger partial charge in [0.25, 0.3) is 0 Å². The molecular weight excluding hydrogens is 382 g/mol. The van der Waals surface area contributed by atoms with Gasteiger partial charge in [0, 0.05) is 21.6 Å². The zero-order valence-corrected chi connectivity index (χ0v) is 18.7. The standard InChI is InChI=1S/C28H25NS/c1-18-9-11-26-23(15-18)21-7-5-6-8-22(21)24-16-19(10-12-27(24)30-26)25-17-20(13-14-29-25)28(2,3)4/h5-17H,1-4H3.